The quantitative estimate of drug-likeness (QED) is 0.296. The first-order chi connectivity index (χ1) is 16.7. The molecule has 1 aromatic heterocycles. The Morgan fingerprint density at radius 3 is 2.31 bits per heavy atom. The van der Waals surface area contributed by atoms with Gasteiger partial charge in [-0.25, -0.2) is 8.42 Å². The molecule has 8 heteroatoms. The van der Waals surface area contributed by atoms with E-state index in [1.165, 1.54) is 6.07 Å². The summed E-state index contributed by atoms with van der Waals surface area (Å²) >= 11 is 7.04. The van der Waals surface area contributed by atoms with Crippen molar-refractivity contribution in [2.75, 3.05) is 0 Å². The maximum atomic E-state index is 13.3. The predicted molar refractivity (Wildman–Crippen MR) is 139 cm³/mol. The topological polar surface area (TPSA) is 83.5 Å². The van der Waals surface area contributed by atoms with Gasteiger partial charge in [0.05, 0.1) is 0 Å². The van der Waals surface area contributed by atoms with Crippen LogP contribution in [0.15, 0.2) is 89.1 Å². The van der Waals surface area contributed by atoms with Gasteiger partial charge in [-0.15, -0.1) is 11.3 Å². The van der Waals surface area contributed by atoms with Crippen molar-refractivity contribution in [3.05, 3.63) is 101 Å². The molecule has 1 aliphatic carbocycles. The summed E-state index contributed by atoms with van der Waals surface area (Å²) in [6.07, 6.45) is 0.180. The number of carbonyl (C=O) groups is 1. The van der Waals surface area contributed by atoms with E-state index in [0.717, 1.165) is 44.0 Å². The molecule has 0 radical (unpaired) electrons. The van der Waals surface area contributed by atoms with Gasteiger partial charge in [0.25, 0.3) is 10.0 Å². The molecule has 1 fully saturated rings. The van der Waals surface area contributed by atoms with Crippen molar-refractivity contribution in [2.24, 2.45) is 0 Å². The van der Waals surface area contributed by atoms with Gasteiger partial charge < -0.3 is 5.11 Å². The standard InChI is InChI=1S/C27H22ClNO4S2/c1-17-6-8-18(9-7-17)21-4-2-3-5-22(21)23-16-27(23,26(30)31)29-35(32,33)25-15-14-24(34-25)19-10-12-20(28)13-11-19/h2-15,23,29H,16H2,1H3,(H,30,31)/t23-,27+/m0/s1. The molecule has 0 unspecified atom stereocenters. The van der Waals surface area contributed by atoms with Crippen LogP contribution >= 0.6 is 22.9 Å². The van der Waals surface area contributed by atoms with Crippen LogP contribution in [0.5, 0.6) is 0 Å². The van der Waals surface area contributed by atoms with Crippen LogP contribution in [-0.4, -0.2) is 25.0 Å². The Kier molecular flexibility index (Phi) is 6.05. The normalized spacial score (nSPS) is 19.4. The average molecular weight is 524 g/mol. The van der Waals surface area contributed by atoms with Crippen LogP contribution in [0.3, 0.4) is 0 Å². The summed E-state index contributed by atoms with van der Waals surface area (Å²) in [6.45, 7) is 2.00. The van der Waals surface area contributed by atoms with E-state index < -0.39 is 27.4 Å². The van der Waals surface area contributed by atoms with Crippen molar-refractivity contribution in [2.45, 2.75) is 29.0 Å². The number of hydrogen-bond acceptors (Lipinski definition) is 4. The second kappa shape index (κ2) is 8.91. The van der Waals surface area contributed by atoms with Crippen molar-refractivity contribution in [1.82, 2.24) is 4.72 Å². The van der Waals surface area contributed by atoms with E-state index in [1.54, 1.807) is 18.2 Å². The molecule has 0 aliphatic heterocycles. The van der Waals surface area contributed by atoms with Gasteiger partial charge in [-0.05, 0) is 59.9 Å². The highest BCUT2D eigenvalue weighted by Crippen LogP contribution is 2.54. The first-order valence-corrected chi connectivity index (χ1v) is 13.7. The molecule has 0 amide bonds. The minimum Gasteiger partial charge on any atom is -0.480 e. The summed E-state index contributed by atoms with van der Waals surface area (Å²) in [6, 6.07) is 25.9. The molecule has 0 bridgehead atoms. The Morgan fingerprint density at radius 2 is 1.63 bits per heavy atom. The van der Waals surface area contributed by atoms with Crippen molar-refractivity contribution in [3.63, 3.8) is 0 Å². The molecular formula is C27H22ClNO4S2. The molecule has 2 atom stereocenters. The maximum Gasteiger partial charge on any atom is 0.325 e. The van der Waals surface area contributed by atoms with Gasteiger partial charge in [0.15, 0.2) is 0 Å². The number of halogens is 1. The molecule has 35 heavy (non-hydrogen) atoms. The van der Waals surface area contributed by atoms with E-state index in [9.17, 15) is 18.3 Å². The van der Waals surface area contributed by atoms with Gasteiger partial charge >= 0.3 is 5.97 Å². The smallest absolute Gasteiger partial charge is 0.325 e. The fourth-order valence-electron chi connectivity index (χ4n) is 4.35. The maximum absolute atomic E-state index is 13.3. The number of thiophene rings is 1. The summed E-state index contributed by atoms with van der Waals surface area (Å²) in [7, 11) is -4.06. The number of aryl methyl sites for hydroxylation is 1. The van der Waals surface area contributed by atoms with E-state index in [-0.39, 0.29) is 10.6 Å². The lowest BCUT2D eigenvalue weighted by Gasteiger charge is -2.16. The number of rotatable bonds is 7. The van der Waals surface area contributed by atoms with Gasteiger partial charge in [0, 0.05) is 15.8 Å². The third-order valence-electron chi connectivity index (χ3n) is 6.33. The van der Waals surface area contributed by atoms with Crippen molar-refractivity contribution >= 4 is 38.9 Å². The Hall–Kier alpha value is -2.97. The molecule has 0 saturated heterocycles. The second-order valence-corrected chi connectivity index (χ2v) is 12.1. The van der Waals surface area contributed by atoms with Crippen LogP contribution in [0.25, 0.3) is 21.6 Å². The Morgan fingerprint density at radius 1 is 0.971 bits per heavy atom. The molecule has 1 aliphatic rings. The van der Waals surface area contributed by atoms with Gasteiger partial charge in [-0.3, -0.25) is 4.79 Å². The third kappa shape index (κ3) is 4.52. The summed E-state index contributed by atoms with van der Waals surface area (Å²) in [5.41, 5.74) is 3.05. The number of hydrogen-bond donors (Lipinski definition) is 2. The number of nitrogens with one attached hydrogen (secondary N) is 1. The molecule has 0 spiro atoms. The summed E-state index contributed by atoms with van der Waals surface area (Å²) in [5, 5.41) is 10.7. The van der Waals surface area contributed by atoms with Crippen molar-refractivity contribution < 1.29 is 18.3 Å². The number of sulfonamides is 1. The highest BCUT2D eigenvalue weighted by molar-refractivity contribution is 7.91. The van der Waals surface area contributed by atoms with Crippen molar-refractivity contribution in [1.29, 1.82) is 0 Å². The molecule has 5 nitrogen and oxygen atoms in total. The zero-order chi connectivity index (χ0) is 24.8. The lowest BCUT2D eigenvalue weighted by Crippen LogP contribution is -2.44. The van der Waals surface area contributed by atoms with E-state index in [4.69, 9.17) is 11.6 Å². The van der Waals surface area contributed by atoms with Gasteiger partial charge in [0.1, 0.15) is 9.75 Å². The van der Waals surface area contributed by atoms with E-state index in [1.807, 2.05) is 67.6 Å². The Balaban J connectivity index is 1.45. The molecule has 5 rings (SSSR count). The first-order valence-electron chi connectivity index (χ1n) is 11.0. The van der Waals surface area contributed by atoms with Crippen LogP contribution in [0.4, 0.5) is 0 Å². The summed E-state index contributed by atoms with van der Waals surface area (Å²) in [5.74, 6) is -1.66. The highest BCUT2D eigenvalue weighted by Gasteiger charge is 2.64. The molecule has 3 aromatic carbocycles. The van der Waals surface area contributed by atoms with Gasteiger partial charge in [-0.1, -0.05) is 77.8 Å². The fraction of sp³-hybridized carbons (Fsp3) is 0.148. The molecule has 1 heterocycles. The number of carboxylic acid groups (broad SMARTS) is 1. The molecule has 2 N–H and O–H groups in total. The Labute approximate surface area is 213 Å². The fourth-order valence-corrected chi connectivity index (χ4v) is 7.19. The number of benzene rings is 3. The van der Waals surface area contributed by atoms with Crippen LogP contribution in [0.2, 0.25) is 5.02 Å². The van der Waals surface area contributed by atoms with Crippen molar-refractivity contribution in [3.8, 4) is 21.6 Å². The average Bonchev–Trinajstić information content (AvgIpc) is 3.32. The van der Waals surface area contributed by atoms with E-state index in [0.29, 0.717) is 5.02 Å². The third-order valence-corrected chi connectivity index (χ3v) is 9.72. The summed E-state index contributed by atoms with van der Waals surface area (Å²) in [4.78, 5) is 13.1. The lowest BCUT2D eigenvalue weighted by molar-refractivity contribution is -0.140. The number of aliphatic carboxylic acids is 1. The van der Waals surface area contributed by atoms with Crippen LogP contribution in [0.1, 0.15) is 23.5 Å². The molecule has 178 valence electrons. The number of carboxylic acids is 1. The van der Waals surface area contributed by atoms with E-state index in [2.05, 4.69) is 4.72 Å². The van der Waals surface area contributed by atoms with Crippen LogP contribution in [0, 0.1) is 6.92 Å². The predicted octanol–water partition coefficient (Wildman–Crippen LogP) is 6.33. The first kappa shape index (κ1) is 23.8. The molecule has 4 aromatic rings. The van der Waals surface area contributed by atoms with E-state index >= 15 is 0 Å². The lowest BCUT2D eigenvalue weighted by atomic mass is 9.94. The molecule has 1 saturated carbocycles. The van der Waals surface area contributed by atoms with Gasteiger partial charge in [0.2, 0.25) is 0 Å². The minimum atomic E-state index is -4.06. The second-order valence-electron chi connectivity index (χ2n) is 8.72. The zero-order valence-electron chi connectivity index (χ0n) is 18.7. The SMILES string of the molecule is Cc1ccc(-c2ccccc2[C@@H]2C[C@]2(NS(=O)(=O)c2ccc(-c3ccc(Cl)cc3)s2)C(=O)O)cc1. The van der Waals surface area contributed by atoms with Crippen LogP contribution in [-0.2, 0) is 14.8 Å². The Bertz CT molecular complexity index is 1510. The monoisotopic (exact) mass is 523 g/mol. The van der Waals surface area contributed by atoms with Gasteiger partial charge in [-0.2, -0.15) is 4.72 Å². The molecular weight excluding hydrogens is 502 g/mol. The van der Waals surface area contributed by atoms with Crippen LogP contribution < -0.4 is 4.72 Å². The highest BCUT2D eigenvalue weighted by atomic mass is 35.5. The summed E-state index contributed by atoms with van der Waals surface area (Å²) < 4.78 is 29.2. The zero-order valence-corrected chi connectivity index (χ0v) is 21.1. The minimum absolute atomic E-state index is 0.0699. The largest absolute Gasteiger partial charge is 0.480 e.